The number of hydrogen-bond donors (Lipinski definition) is 3. The van der Waals surface area contributed by atoms with E-state index in [0.29, 0.717) is 37.4 Å². The third-order valence-electron chi connectivity index (χ3n) is 3.50. The van der Waals surface area contributed by atoms with E-state index in [-0.39, 0.29) is 18.1 Å². The molecule has 1 aliphatic rings. The van der Waals surface area contributed by atoms with Crippen molar-refractivity contribution in [2.24, 2.45) is 0 Å². The average Bonchev–Trinajstić information content (AvgIpc) is 2.69. The molecule has 0 atom stereocenters. The predicted octanol–water partition coefficient (Wildman–Crippen LogP) is -0.0862. The smallest absolute Gasteiger partial charge is 0.276 e. The Morgan fingerprint density at radius 3 is 2.74 bits per heavy atom. The van der Waals surface area contributed by atoms with Crippen molar-refractivity contribution >= 4 is 11.6 Å². The first-order valence-corrected chi connectivity index (χ1v) is 6.29. The van der Waals surface area contributed by atoms with E-state index in [4.69, 9.17) is 10.5 Å². The lowest BCUT2D eigenvalue weighted by Gasteiger charge is -2.35. The summed E-state index contributed by atoms with van der Waals surface area (Å²) in [6, 6.07) is 0. The van der Waals surface area contributed by atoms with Crippen LogP contribution in [-0.4, -0.2) is 58.5 Å². The van der Waals surface area contributed by atoms with Crippen molar-refractivity contribution in [3.8, 4) is 0 Å². The number of aromatic nitrogens is 2. The minimum atomic E-state index is -0.886. The van der Waals surface area contributed by atoms with Gasteiger partial charge in [0.25, 0.3) is 5.91 Å². The minimum absolute atomic E-state index is 0.204. The molecule has 1 aliphatic heterocycles. The van der Waals surface area contributed by atoms with Crippen molar-refractivity contribution in [1.29, 1.82) is 0 Å². The Balaban J connectivity index is 2.05. The first kappa shape index (κ1) is 13.8. The molecule has 4 N–H and O–H groups in total. The summed E-state index contributed by atoms with van der Waals surface area (Å²) < 4.78 is 5.21. The van der Waals surface area contributed by atoms with Gasteiger partial charge >= 0.3 is 0 Å². The Morgan fingerprint density at radius 1 is 1.58 bits per heavy atom. The van der Waals surface area contributed by atoms with Crippen LogP contribution in [0.4, 0.5) is 5.69 Å². The van der Waals surface area contributed by atoms with E-state index < -0.39 is 5.60 Å². The number of ether oxygens (including phenoxy) is 1. The summed E-state index contributed by atoms with van der Waals surface area (Å²) in [6.45, 7) is 3.04. The lowest BCUT2D eigenvalue weighted by molar-refractivity contribution is -0.0734. The van der Waals surface area contributed by atoms with Gasteiger partial charge < -0.3 is 20.5 Å². The quantitative estimate of drug-likeness (QED) is 0.711. The second-order valence-electron chi connectivity index (χ2n) is 5.11. The molecule has 1 aromatic heterocycles. The molecule has 0 radical (unpaired) electrons. The van der Waals surface area contributed by atoms with Gasteiger partial charge in [0, 0.05) is 39.6 Å². The zero-order chi connectivity index (χ0) is 14.0. The zero-order valence-corrected chi connectivity index (χ0v) is 11.3. The Morgan fingerprint density at radius 2 is 2.21 bits per heavy atom. The molecule has 7 nitrogen and oxygen atoms in total. The van der Waals surface area contributed by atoms with Crippen molar-refractivity contribution in [1.82, 2.24) is 15.1 Å². The number of aromatic amines is 1. The molecular weight excluding hydrogens is 248 g/mol. The van der Waals surface area contributed by atoms with Gasteiger partial charge in [0.1, 0.15) is 0 Å². The highest BCUT2D eigenvalue weighted by Gasteiger charge is 2.33. The minimum Gasteiger partial charge on any atom is -0.395 e. The second-order valence-corrected chi connectivity index (χ2v) is 5.11. The lowest BCUT2D eigenvalue weighted by Crippen LogP contribution is -2.47. The summed E-state index contributed by atoms with van der Waals surface area (Å²) in [5.74, 6) is -0.290. The van der Waals surface area contributed by atoms with Gasteiger partial charge in [0.15, 0.2) is 5.69 Å². The molecule has 106 valence electrons. The molecule has 1 saturated heterocycles. The fourth-order valence-electron chi connectivity index (χ4n) is 2.20. The Labute approximate surface area is 111 Å². The van der Waals surface area contributed by atoms with Gasteiger partial charge in [-0.05, 0) is 6.92 Å². The number of nitrogens with zero attached hydrogens (tertiary/aromatic N) is 2. The van der Waals surface area contributed by atoms with Crippen molar-refractivity contribution in [2.45, 2.75) is 25.4 Å². The van der Waals surface area contributed by atoms with E-state index in [1.807, 2.05) is 0 Å². The Bertz CT molecular complexity index is 466. The fourth-order valence-corrected chi connectivity index (χ4v) is 2.20. The van der Waals surface area contributed by atoms with Crippen molar-refractivity contribution in [3.63, 3.8) is 0 Å². The van der Waals surface area contributed by atoms with E-state index in [0.717, 1.165) is 0 Å². The van der Waals surface area contributed by atoms with Gasteiger partial charge in [-0.1, -0.05) is 0 Å². The normalized spacial score (nSPS) is 18.3. The maximum absolute atomic E-state index is 12.2. The lowest BCUT2D eigenvalue weighted by atomic mass is 9.94. The summed E-state index contributed by atoms with van der Waals surface area (Å²) >= 11 is 0. The van der Waals surface area contributed by atoms with Crippen LogP contribution < -0.4 is 5.73 Å². The van der Waals surface area contributed by atoms with Crippen LogP contribution in [0.5, 0.6) is 0 Å². The number of aliphatic hydroxyl groups is 1. The third kappa shape index (κ3) is 2.87. The van der Waals surface area contributed by atoms with Gasteiger partial charge in [-0.25, -0.2) is 0 Å². The van der Waals surface area contributed by atoms with Gasteiger partial charge in [-0.2, -0.15) is 5.10 Å². The number of carbonyl (C=O) groups is 1. The SMILES string of the molecule is Cc1[nH]nc(C(=O)N(C)CC2(O)CCOCC2)c1N. The Hall–Kier alpha value is -1.60. The molecule has 0 bridgehead atoms. The van der Waals surface area contributed by atoms with Crippen LogP contribution in [0.3, 0.4) is 0 Å². The largest absolute Gasteiger partial charge is 0.395 e. The number of hydrogen-bond acceptors (Lipinski definition) is 5. The summed E-state index contributed by atoms with van der Waals surface area (Å²) in [5, 5.41) is 17.0. The summed E-state index contributed by atoms with van der Waals surface area (Å²) in [4.78, 5) is 13.7. The molecule has 0 saturated carbocycles. The van der Waals surface area contributed by atoms with Crippen LogP contribution in [-0.2, 0) is 4.74 Å². The highest BCUT2D eigenvalue weighted by molar-refractivity contribution is 5.97. The van der Waals surface area contributed by atoms with Crippen LogP contribution >= 0.6 is 0 Å². The number of carbonyl (C=O) groups excluding carboxylic acids is 1. The number of aryl methyl sites for hydroxylation is 1. The van der Waals surface area contributed by atoms with E-state index >= 15 is 0 Å². The summed E-state index contributed by atoms with van der Waals surface area (Å²) in [5.41, 5.74) is 6.13. The molecule has 7 heteroatoms. The van der Waals surface area contributed by atoms with Gasteiger partial charge in [0.2, 0.25) is 0 Å². The number of nitrogens with two attached hydrogens (primary N) is 1. The van der Waals surface area contributed by atoms with E-state index in [2.05, 4.69) is 10.2 Å². The molecule has 19 heavy (non-hydrogen) atoms. The standard InChI is InChI=1S/C12H20N4O3/c1-8-9(13)10(15-14-8)11(17)16(2)7-12(18)3-5-19-6-4-12/h18H,3-7,13H2,1-2H3,(H,14,15). The topological polar surface area (TPSA) is 104 Å². The first-order valence-electron chi connectivity index (χ1n) is 6.29. The first-order chi connectivity index (χ1) is 8.93. The highest BCUT2D eigenvalue weighted by atomic mass is 16.5. The van der Waals surface area contributed by atoms with Gasteiger partial charge in [-0.3, -0.25) is 9.89 Å². The van der Waals surface area contributed by atoms with Crippen molar-refractivity contribution in [3.05, 3.63) is 11.4 Å². The van der Waals surface area contributed by atoms with E-state index in [9.17, 15) is 9.90 Å². The maximum atomic E-state index is 12.2. The monoisotopic (exact) mass is 268 g/mol. The number of amides is 1. The number of likely N-dealkylation sites (N-methyl/N-ethyl adjacent to an activating group) is 1. The van der Waals surface area contributed by atoms with Crippen LogP contribution in [0.2, 0.25) is 0 Å². The van der Waals surface area contributed by atoms with E-state index in [1.165, 1.54) is 4.90 Å². The molecule has 2 heterocycles. The second kappa shape index (κ2) is 5.18. The highest BCUT2D eigenvalue weighted by Crippen LogP contribution is 2.22. The van der Waals surface area contributed by atoms with Gasteiger partial charge in [-0.15, -0.1) is 0 Å². The molecule has 0 spiro atoms. The van der Waals surface area contributed by atoms with Crippen LogP contribution in [0, 0.1) is 6.92 Å². The maximum Gasteiger partial charge on any atom is 0.276 e. The molecule has 0 aliphatic carbocycles. The number of rotatable bonds is 3. The van der Waals surface area contributed by atoms with E-state index in [1.54, 1.807) is 14.0 Å². The molecule has 1 fully saturated rings. The van der Waals surface area contributed by atoms with Crippen molar-refractivity contribution in [2.75, 3.05) is 32.5 Å². The third-order valence-corrected chi connectivity index (χ3v) is 3.50. The van der Waals surface area contributed by atoms with Crippen LogP contribution in [0.25, 0.3) is 0 Å². The molecule has 1 aromatic rings. The average molecular weight is 268 g/mol. The summed E-state index contributed by atoms with van der Waals surface area (Å²) in [7, 11) is 1.64. The number of anilines is 1. The predicted molar refractivity (Wildman–Crippen MR) is 69.7 cm³/mol. The van der Waals surface area contributed by atoms with Crippen LogP contribution in [0.1, 0.15) is 29.0 Å². The molecule has 0 aromatic carbocycles. The number of nitrogens with one attached hydrogen (secondary N) is 1. The zero-order valence-electron chi connectivity index (χ0n) is 11.3. The number of nitrogen functional groups attached to an aromatic ring is 1. The Kier molecular flexibility index (Phi) is 3.77. The molecule has 2 rings (SSSR count). The molecule has 0 unspecified atom stereocenters. The molecular formula is C12H20N4O3. The number of H-pyrrole nitrogens is 1. The fraction of sp³-hybridized carbons (Fsp3) is 0.667. The van der Waals surface area contributed by atoms with Crippen molar-refractivity contribution < 1.29 is 14.6 Å². The molecule has 1 amide bonds. The summed E-state index contributed by atoms with van der Waals surface area (Å²) in [6.07, 6.45) is 1.05. The van der Waals surface area contributed by atoms with Gasteiger partial charge in [0.05, 0.1) is 17.0 Å². The van der Waals surface area contributed by atoms with Crippen LogP contribution in [0.15, 0.2) is 0 Å².